The summed E-state index contributed by atoms with van der Waals surface area (Å²) < 4.78 is 25.2. The van der Waals surface area contributed by atoms with Crippen molar-refractivity contribution in [2.45, 2.75) is 8.22 Å². The molecule has 0 amide bonds. The highest BCUT2D eigenvalue weighted by atomic mass is 127. The summed E-state index contributed by atoms with van der Waals surface area (Å²) >= 11 is 3.76. The normalized spacial score (nSPS) is 14.3. The van der Waals surface area contributed by atoms with E-state index in [4.69, 9.17) is 33.9 Å². The molecule has 2 atom stereocenters. The molecule has 7 nitrogen and oxygen atoms in total. The second kappa shape index (κ2) is 17.5. The number of aliphatic hydroxyl groups is 2. The van der Waals surface area contributed by atoms with Crippen molar-refractivity contribution < 1.29 is 33.9 Å². The number of rotatable bonds is 16. The molecule has 9 heteroatoms. The van der Waals surface area contributed by atoms with E-state index in [1.807, 2.05) is 45.2 Å². The maximum atomic E-state index is 8.94. The molecule has 0 spiro atoms. The lowest BCUT2D eigenvalue weighted by atomic mass is 10.7. The number of alkyl halides is 2. The van der Waals surface area contributed by atoms with Crippen LogP contribution in [0.5, 0.6) is 0 Å². The van der Waals surface area contributed by atoms with Gasteiger partial charge < -0.3 is 33.9 Å². The molecule has 0 radical (unpaired) electrons. The fourth-order valence-electron chi connectivity index (χ4n) is 1.14. The zero-order valence-corrected chi connectivity index (χ0v) is 16.2. The number of halogens is 2. The van der Waals surface area contributed by atoms with Gasteiger partial charge in [0.1, 0.15) is 8.22 Å². The van der Waals surface area contributed by atoms with E-state index in [9.17, 15) is 0 Å². The van der Waals surface area contributed by atoms with Crippen molar-refractivity contribution in [3.05, 3.63) is 0 Å². The van der Waals surface area contributed by atoms with Crippen LogP contribution in [-0.2, 0) is 23.7 Å². The van der Waals surface area contributed by atoms with E-state index in [0.29, 0.717) is 66.1 Å². The molecule has 0 fully saturated rings. The Morgan fingerprint density at radius 2 is 0.762 bits per heavy atom. The molecule has 0 saturated carbocycles. The molecule has 0 saturated heterocycles. The smallest absolute Gasteiger partial charge is 0.128 e. The van der Waals surface area contributed by atoms with Crippen LogP contribution in [0.3, 0.4) is 0 Å². The number of hydrogen-bond acceptors (Lipinski definition) is 7. The molecule has 2 unspecified atom stereocenters. The van der Waals surface area contributed by atoms with Crippen molar-refractivity contribution in [1.29, 1.82) is 0 Å². The van der Waals surface area contributed by atoms with Crippen LogP contribution in [0.1, 0.15) is 0 Å². The van der Waals surface area contributed by atoms with Crippen molar-refractivity contribution in [3.63, 3.8) is 0 Å². The van der Waals surface area contributed by atoms with Crippen LogP contribution in [0, 0.1) is 0 Å². The van der Waals surface area contributed by atoms with Gasteiger partial charge in [-0.25, -0.2) is 0 Å². The Balaban J connectivity index is 2.96. The fraction of sp³-hybridized carbons (Fsp3) is 1.00. The van der Waals surface area contributed by atoms with E-state index in [2.05, 4.69) is 0 Å². The molecule has 0 aliphatic heterocycles. The Bertz CT molecular complexity index is 188. The molecule has 21 heavy (non-hydrogen) atoms. The number of aliphatic hydroxyl groups excluding tert-OH is 2. The molecule has 0 bridgehead atoms. The Morgan fingerprint density at radius 1 is 0.524 bits per heavy atom. The lowest BCUT2D eigenvalue weighted by molar-refractivity contribution is -0.0164. The average molecular weight is 534 g/mol. The van der Waals surface area contributed by atoms with Crippen LogP contribution in [0.25, 0.3) is 0 Å². The summed E-state index contributed by atoms with van der Waals surface area (Å²) in [7, 11) is 0. The first-order valence-corrected chi connectivity index (χ1v) is 9.15. The highest BCUT2D eigenvalue weighted by Crippen LogP contribution is 1.95. The second-order valence-corrected chi connectivity index (χ2v) is 6.73. The van der Waals surface area contributed by atoms with E-state index in [1.54, 1.807) is 0 Å². The van der Waals surface area contributed by atoms with Crippen molar-refractivity contribution in [2.24, 2.45) is 0 Å². The first-order chi connectivity index (χ1) is 10.1. The summed E-state index contributed by atoms with van der Waals surface area (Å²) in [5, 5.41) is 17.9. The van der Waals surface area contributed by atoms with E-state index in [1.165, 1.54) is 0 Å². The molecule has 128 valence electrons. The van der Waals surface area contributed by atoms with Crippen molar-refractivity contribution in [3.8, 4) is 0 Å². The molecular formula is C12H24I2O7. The topological polar surface area (TPSA) is 86.6 Å². The largest absolute Gasteiger partial charge is 0.380 e. The van der Waals surface area contributed by atoms with Crippen molar-refractivity contribution in [2.75, 3.05) is 66.1 Å². The molecule has 0 aliphatic carbocycles. The fourth-order valence-corrected chi connectivity index (χ4v) is 1.65. The summed E-state index contributed by atoms with van der Waals surface area (Å²) in [6.45, 7) is 4.58. The molecule has 0 aromatic carbocycles. The number of ether oxygens (including phenoxy) is 5. The van der Waals surface area contributed by atoms with Gasteiger partial charge in [-0.3, -0.25) is 0 Å². The molecule has 0 rings (SSSR count). The van der Waals surface area contributed by atoms with Crippen LogP contribution < -0.4 is 0 Å². The van der Waals surface area contributed by atoms with Gasteiger partial charge in [0.15, 0.2) is 0 Å². The average Bonchev–Trinajstić information content (AvgIpc) is 2.42. The predicted octanol–water partition coefficient (Wildman–Crippen LogP) is 0.576. The SMILES string of the molecule is OC(I)COCCOCCOCCOCCOCC(O)I. The third-order valence-electron chi connectivity index (χ3n) is 2.00. The minimum Gasteiger partial charge on any atom is -0.380 e. The Morgan fingerprint density at radius 3 is 1.00 bits per heavy atom. The molecule has 0 heterocycles. The molecule has 0 aromatic rings. The molecule has 0 aromatic heterocycles. The van der Waals surface area contributed by atoms with Gasteiger partial charge in [0.25, 0.3) is 0 Å². The van der Waals surface area contributed by atoms with E-state index >= 15 is 0 Å². The number of hydrogen-bond donors (Lipinski definition) is 2. The van der Waals surface area contributed by atoms with Crippen LogP contribution in [0.4, 0.5) is 0 Å². The Labute approximate surface area is 152 Å². The minimum absolute atomic E-state index is 0.318. The quantitative estimate of drug-likeness (QED) is 0.170. The predicted molar refractivity (Wildman–Crippen MR) is 94.1 cm³/mol. The summed E-state index contributed by atoms with van der Waals surface area (Å²) in [6.07, 6.45) is 0. The van der Waals surface area contributed by atoms with Crippen molar-refractivity contribution >= 4 is 45.2 Å². The van der Waals surface area contributed by atoms with Gasteiger partial charge in [0.05, 0.1) is 66.1 Å². The molecular weight excluding hydrogens is 510 g/mol. The van der Waals surface area contributed by atoms with Crippen LogP contribution in [0.15, 0.2) is 0 Å². The molecule has 2 N–H and O–H groups in total. The first kappa shape index (κ1) is 22.2. The first-order valence-electron chi connectivity index (χ1n) is 6.66. The summed E-state index contributed by atoms with van der Waals surface area (Å²) in [5.41, 5.74) is 0. The third kappa shape index (κ3) is 21.2. The highest BCUT2D eigenvalue weighted by Gasteiger charge is 1.97. The third-order valence-corrected chi connectivity index (χ3v) is 2.72. The van der Waals surface area contributed by atoms with Gasteiger partial charge in [0.2, 0.25) is 0 Å². The minimum atomic E-state index is -0.469. The van der Waals surface area contributed by atoms with Gasteiger partial charge in [0, 0.05) is 0 Å². The van der Waals surface area contributed by atoms with Gasteiger partial charge in [-0.2, -0.15) is 0 Å². The van der Waals surface area contributed by atoms with Gasteiger partial charge in [-0.15, -0.1) is 0 Å². The maximum Gasteiger partial charge on any atom is 0.128 e. The summed E-state index contributed by atoms with van der Waals surface area (Å²) in [4.78, 5) is 0. The standard InChI is InChI=1S/C12H24I2O7/c13-11(15)9-20-7-5-18-3-1-17-2-4-19-6-8-21-10-12(14)16/h11-12,15-16H,1-10H2. The monoisotopic (exact) mass is 534 g/mol. The van der Waals surface area contributed by atoms with Gasteiger partial charge in [-0.1, -0.05) is 0 Å². The lowest BCUT2D eigenvalue weighted by Crippen LogP contribution is -2.15. The van der Waals surface area contributed by atoms with Crippen molar-refractivity contribution in [1.82, 2.24) is 0 Å². The van der Waals surface area contributed by atoms with Gasteiger partial charge >= 0.3 is 0 Å². The van der Waals surface area contributed by atoms with Crippen LogP contribution in [-0.4, -0.2) is 84.5 Å². The Hall–Kier alpha value is 1.18. The van der Waals surface area contributed by atoms with E-state index in [-0.39, 0.29) is 0 Å². The second-order valence-electron chi connectivity index (χ2n) is 3.86. The summed E-state index contributed by atoms with van der Waals surface area (Å²) in [5.74, 6) is 0. The molecule has 0 aliphatic rings. The Kier molecular flexibility index (Phi) is 18.5. The van der Waals surface area contributed by atoms with Crippen LogP contribution in [0.2, 0.25) is 0 Å². The highest BCUT2D eigenvalue weighted by molar-refractivity contribution is 14.1. The maximum absolute atomic E-state index is 8.94. The van der Waals surface area contributed by atoms with Gasteiger partial charge in [-0.05, 0) is 45.2 Å². The van der Waals surface area contributed by atoms with Crippen LogP contribution >= 0.6 is 45.2 Å². The zero-order chi connectivity index (χ0) is 15.8. The summed E-state index contributed by atoms with van der Waals surface area (Å²) in [6, 6.07) is 0. The van der Waals surface area contributed by atoms with E-state index in [0.717, 1.165) is 0 Å². The van der Waals surface area contributed by atoms with E-state index < -0.39 is 8.22 Å². The lowest BCUT2D eigenvalue weighted by Gasteiger charge is -2.08. The zero-order valence-electron chi connectivity index (χ0n) is 11.9.